The largest absolute Gasteiger partial charge is 0.382 e. The summed E-state index contributed by atoms with van der Waals surface area (Å²) in [4.78, 5) is 7.42. The summed E-state index contributed by atoms with van der Waals surface area (Å²) in [5.41, 5.74) is 4.66. The Balaban J connectivity index is 1.38. The third-order valence-corrected chi connectivity index (χ3v) is 6.84. The van der Waals surface area contributed by atoms with Gasteiger partial charge in [0.15, 0.2) is 5.58 Å². The summed E-state index contributed by atoms with van der Waals surface area (Å²) in [6.45, 7) is 8.35. The third-order valence-electron chi connectivity index (χ3n) is 6.84. The number of benzene rings is 1. The molecule has 0 spiro atoms. The summed E-state index contributed by atoms with van der Waals surface area (Å²) in [5, 5.41) is 5.47. The van der Waals surface area contributed by atoms with Gasteiger partial charge < -0.3 is 9.42 Å². The highest BCUT2D eigenvalue weighted by Gasteiger charge is 2.30. The van der Waals surface area contributed by atoms with Crippen molar-refractivity contribution < 1.29 is 4.52 Å². The van der Waals surface area contributed by atoms with E-state index in [-0.39, 0.29) is 0 Å². The number of rotatable bonds is 3. The van der Waals surface area contributed by atoms with E-state index in [0.29, 0.717) is 5.92 Å². The lowest BCUT2D eigenvalue weighted by Gasteiger charge is -2.32. The molecule has 1 aliphatic carbocycles. The molecule has 0 radical (unpaired) electrons. The average Bonchev–Trinajstić information content (AvgIpc) is 3.36. The first kappa shape index (κ1) is 16.4. The van der Waals surface area contributed by atoms with Gasteiger partial charge in [0.2, 0.25) is 0 Å². The van der Waals surface area contributed by atoms with Gasteiger partial charge in [0.05, 0.1) is 16.6 Å². The fourth-order valence-electron chi connectivity index (χ4n) is 5.28. The SMILES string of the molecule is Cc1[nH]oc2cc(C3CC[C@@H](CN4CCC(C)CC4)C3)c3nccc3c12. The highest BCUT2D eigenvalue weighted by atomic mass is 16.5. The van der Waals surface area contributed by atoms with Crippen LogP contribution in [0.5, 0.6) is 0 Å². The molecule has 2 aliphatic rings. The Kier molecular flexibility index (Phi) is 4.04. The number of likely N-dealkylation sites (tertiary alicyclic amines) is 1. The van der Waals surface area contributed by atoms with Gasteiger partial charge in [-0.25, -0.2) is 5.16 Å². The van der Waals surface area contributed by atoms with Crippen molar-refractivity contribution in [1.82, 2.24) is 15.0 Å². The number of fused-ring (bicyclic) bond motifs is 3. The fourth-order valence-corrected chi connectivity index (χ4v) is 5.28. The second-order valence-electron chi connectivity index (χ2n) is 8.73. The van der Waals surface area contributed by atoms with Crippen LogP contribution in [0.15, 0.2) is 22.9 Å². The minimum absolute atomic E-state index is 0.621. The van der Waals surface area contributed by atoms with E-state index >= 15 is 0 Å². The highest BCUT2D eigenvalue weighted by Crippen LogP contribution is 2.43. The number of aromatic amines is 1. The van der Waals surface area contributed by atoms with E-state index in [1.165, 1.54) is 73.6 Å². The minimum Gasteiger partial charge on any atom is -0.382 e. The van der Waals surface area contributed by atoms with Crippen molar-refractivity contribution in [3.05, 3.63) is 29.6 Å². The number of nitrogens with one attached hydrogen (secondary N) is 1. The Hall–Kier alpha value is -1.81. The lowest BCUT2D eigenvalue weighted by atomic mass is 9.92. The average molecular weight is 351 g/mol. The van der Waals surface area contributed by atoms with E-state index in [4.69, 9.17) is 9.51 Å². The summed E-state index contributed by atoms with van der Waals surface area (Å²) >= 11 is 0. The van der Waals surface area contributed by atoms with E-state index in [2.05, 4.69) is 36.0 Å². The molecule has 2 aromatic heterocycles. The Morgan fingerprint density at radius 1 is 1.23 bits per heavy atom. The molecule has 0 bridgehead atoms. The van der Waals surface area contributed by atoms with E-state index in [1.807, 2.05) is 6.20 Å². The normalized spacial score (nSPS) is 25.6. The zero-order valence-corrected chi connectivity index (χ0v) is 15.9. The van der Waals surface area contributed by atoms with E-state index < -0.39 is 0 Å². The van der Waals surface area contributed by atoms with Gasteiger partial charge in [0.25, 0.3) is 0 Å². The third kappa shape index (κ3) is 2.75. The molecule has 2 atom stereocenters. The molecule has 3 heterocycles. The number of hydrogen-bond donors (Lipinski definition) is 1. The number of piperidine rings is 1. The Bertz CT molecular complexity index is 916. The summed E-state index contributed by atoms with van der Waals surface area (Å²) in [5.74, 6) is 2.37. The van der Waals surface area contributed by atoms with E-state index in [0.717, 1.165) is 23.1 Å². The molecular weight excluding hydrogens is 322 g/mol. The molecule has 4 nitrogen and oxygen atoms in total. The molecule has 3 aromatic rings. The van der Waals surface area contributed by atoms with Crippen molar-refractivity contribution >= 4 is 21.9 Å². The van der Waals surface area contributed by atoms with Crippen LogP contribution in [0.25, 0.3) is 21.9 Å². The predicted molar refractivity (Wildman–Crippen MR) is 106 cm³/mol. The first-order valence-corrected chi connectivity index (χ1v) is 10.3. The van der Waals surface area contributed by atoms with Crippen molar-refractivity contribution in [2.24, 2.45) is 11.8 Å². The van der Waals surface area contributed by atoms with Crippen LogP contribution in [0.1, 0.15) is 56.2 Å². The van der Waals surface area contributed by atoms with Crippen LogP contribution in [-0.2, 0) is 0 Å². The van der Waals surface area contributed by atoms with Crippen LogP contribution in [0.3, 0.4) is 0 Å². The fraction of sp³-hybridized carbons (Fsp3) is 0.591. The molecular formula is C22H29N3O. The molecule has 0 amide bonds. The Labute approximate surface area is 154 Å². The minimum atomic E-state index is 0.621. The van der Waals surface area contributed by atoms with Crippen LogP contribution >= 0.6 is 0 Å². The lowest BCUT2D eigenvalue weighted by Crippen LogP contribution is -2.36. The van der Waals surface area contributed by atoms with E-state index in [1.54, 1.807) is 0 Å². The Morgan fingerprint density at radius 3 is 2.92 bits per heavy atom. The molecule has 2 fully saturated rings. The van der Waals surface area contributed by atoms with Gasteiger partial charge in [-0.3, -0.25) is 4.98 Å². The quantitative estimate of drug-likeness (QED) is 0.702. The molecule has 1 N–H and O–H groups in total. The maximum atomic E-state index is 5.72. The summed E-state index contributed by atoms with van der Waals surface area (Å²) in [6.07, 6.45) is 8.62. The summed E-state index contributed by atoms with van der Waals surface area (Å²) in [6, 6.07) is 4.39. The molecule has 5 rings (SSSR count). The first-order chi connectivity index (χ1) is 12.7. The summed E-state index contributed by atoms with van der Waals surface area (Å²) < 4.78 is 5.72. The van der Waals surface area contributed by atoms with Crippen LogP contribution in [0.2, 0.25) is 0 Å². The number of aromatic nitrogens is 2. The van der Waals surface area contributed by atoms with Gasteiger partial charge in [0, 0.05) is 18.1 Å². The van der Waals surface area contributed by atoms with Crippen LogP contribution < -0.4 is 0 Å². The van der Waals surface area contributed by atoms with Crippen molar-refractivity contribution in [3.63, 3.8) is 0 Å². The highest BCUT2D eigenvalue weighted by molar-refractivity contribution is 6.07. The van der Waals surface area contributed by atoms with Crippen molar-refractivity contribution in [2.45, 2.75) is 51.9 Å². The molecule has 4 heteroatoms. The zero-order valence-electron chi connectivity index (χ0n) is 15.9. The topological polar surface area (TPSA) is 45.1 Å². The van der Waals surface area contributed by atoms with E-state index in [9.17, 15) is 0 Å². The van der Waals surface area contributed by atoms with Gasteiger partial charge in [-0.05, 0) is 87.6 Å². The van der Waals surface area contributed by atoms with Crippen molar-refractivity contribution in [3.8, 4) is 0 Å². The molecule has 1 unspecified atom stereocenters. The Morgan fingerprint density at radius 2 is 2.08 bits per heavy atom. The van der Waals surface area contributed by atoms with Crippen molar-refractivity contribution in [2.75, 3.05) is 19.6 Å². The molecule has 138 valence electrons. The predicted octanol–water partition coefficient (Wildman–Crippen LogP) is 5.23. The monoisotopic (exact) mass is 351 g/mol. The second-order valence-corrected chi connectivity index (χ2v) is 8.73. The van der Waals surface area contributed by atoms with Gasteiger partial charge in [-0.15, -0.1) is 0 Å². The maximum absolute atomic E-state index is 5.72. The smallest absolute Gasteiger partial charge is 0.165 e. The molecule has 1 aliphatic heterocycles. The van der Waals surface area contributed by atoms with Crippen LogP contribution in [-0.4, -0.2) is 34.7 Å². The van der Waals surface area contributed by atoms with Crippen LogP contribution in [0.4, 0.5) is 0 Å². The molecule has 26 heavy (non-hydrogen) atoms. The number of hydrogen-bond acceptors (Lipinski definition) is 3. The molecule has 1 saturated heterocycles. The van der Waals surface area contributed by atoms with Gasteiger partial charge in [0.1, 0.15) is 0 Å². The molecule has 1 saturated carbocycles. The zero-order chi connectivity index (χ0) is 17.7. The number of nitrogens with zero attached hydrogens (tertiary/aromatic N) is 2. The standard InChI is InChI=1S/C22H29N3O/c1-14-6-9-25(10-7-14)13-16-3-4-17(11-16)19-12-20-21(15(2)24-26-20)18-5-8-23-22(18)19/h5,8,12,14,16-17,24H,3-4,6-7,9-11,13H2,1-2H3/t16-,17?/m1/s1. The van der Waals surface area contributed by atoms with Gasteiger partial charge >= 0.3 is 0 Å². The summed E-state index contributed by atoms with van der Waals surface area (Å²) in [7, 11) is 0. The lowest BCUT2D eigenvalue weighted by molar-refractivity contribution is 0.167. The maximum Gasteiger partial charge on any atom is 0.165 e. The molecule has 1 aromatic carbocycles. The van der Waals surface area contributed by atoms with Crippen molar-refractivity contribution in [1.29, 1.82) is 0 Å². The second kappa shape index (κ2) is 6.41. The first-order valence-electron chi connectivity index (χ1n) is 10.3. The van der Waals surface area contributed by atoms with Gasteiger partial charge in [-0.2, -0.15) is 0 Å². The van der Waals surface area contributed by atoms with Crippen LogP contribution in [0, 0.1) is 18.8 Å². The number of aryl methyl sites for hydroxylation is 1. The van der Waals surface area contributed by atoms with Gasteiger partial charge in [-0.1, -0.05) is 6.92 Å². The number of H-pyrrole nitrogens is 1.